The van der Waals surface area contributed by atoms with Gasteiger partial charge in [0.15, 0.2) is 0 Å². The van der Waals surface area contributed by atoms with E-state index in [-0.39, 0.29) is 25.0 Å². The second-order valence-electron chi connectivity index (χ2n) is 9.64. The predicted molar refractivity (Wildman–Crippen MR) is 147 cm³/mol. The van der Waals surface area contributed by atoms with Gasteiger partial charge >= 0.3 is 5.97 Å². The van der Waals surface area contributed by atoms with Crippen molar-refractivity contribution in [2.75, 3.05) is 0 Å². The minimum absolute atomic E-state index is 0.00720. The highest BCUT2D eigenvalue weighted by molar-refractivity contribution is 5.94. The Morgan fingerprint density at radius 1 is 0.854 bits per heavy atom. The van der Waals surface area contributed by atoms with Crippen molar-refractivity contribution in [1.29, 1.82) is 0 Å². The molecule has 0 saturated heterocycles. The van der Waals surface area contributed by atoms with Crippen LogP contribution in [0.3, 0.4) is 0 Å². The number of phenolic OH excluding ortho intramolecular Hbond substituents is 1. The minimum Gasteiger partial charge on any atom is -0.508 e. The number of rotatable bonds is 14. The molecule has 0 aliphatic rings. The SMILES string of the molecule is CC(O)C(NC(=O)C(N)Cc1ccccc1)C(=O)NC(Cc1cnc[nH]1)C(=O)NC(Cc1ccc(O)cc1)C(=O)O. The Bertz CT molecular complexity index is 1300. The van der Waals surface area contributed by atoms with Crippen LogP contribution in [0.25, 0.3) is 0 Å². The molecule has 218 valence electrons. The Balaban J connectivity index is 1.72. The Kier molecular flexibility index (Phi) is 11.0. The van der Waals surface area contributed by atoms with E-state index in [0.717, 1.165) is 5.56 Å². The van der Waals surface area contributed by atoms with Gasteiger partial charge in [0.2, 0.25) is 17.7 Å². The van der Waals surface area contributed by atoms with Crippen LogP contribution in [0.4, 0.5) is 0 Å². The molecule has 0 bridgehead atoms. The van der Waals surface area contributed by atoms with E-state index in [4.69, 9.17) is 5.73 Å². The topological polar surface area (TPSA) is 220 Å². The van der Waals surface area contributed by atoms with Gasteiger partial charge in [0.05, 0.1) is 18.5 Å². The van der Waals surface area contributed by atoms with E-state index in [0.29, 0.717) is 11.3 Å². The number of aromatic amines is 1. The summed E-state index contributed by atoms with van der Waals surface area (Å²) in [6.07, 6.45) is 1.50. The lowest BCUT2D eigenvalue weighted by Gasteiger charge is -2.26. The van der Waals surface area contributed by atoms with Crippen LogP contribution in [-0.2, 0) is 38.4 Å². The number of hydrogen-bond acceptors (Lipinski definition) is 8. The summed E-state index contributed by atoms with van der Waals surface area (Å²) in [6, 6.07) is 9.78. The van der Waals surface area contributed by atoms with E-state index < -0.39 is 54.0 Å². The van der Waals surface area contributed by atoms with Crippen molar-refractivity contribution in [3.8, 4) is 5.75 Å². The molecule has 9 N–H and O–H groups in total. The fourth-order valence-electron chi connectivity index (χ4n) is 4.05. The van der Waals surface area contributed by atoms with Crippen molar-refractivity contribution in [3.63, 3.8) is 0 Å². The number of imidazole rings is 1. The Labute approximate surface area is 236 Å². The number of amides is 3. The van der Waals surface area contributed by atoms with Crippen LogP contribution >= 0.6 is 0 Å². The summed E-state index contributed by atoms with van der Waals surface area (Å²) in [6.45, 7) is 1.30. The number of nitrogens with two attached hydrogens (primary N) is 1. The molecule has 0 spiro atoms. The molecule has 2 aromatic carbocycles. The van der Waals surface area contributed by atoms with Crippen molar-refractivity contribution in [2.45, 2.75) is 56.5 Å². The molecule has 1 aromatic heterocycles. The molecule has 5 atom stereocenters. The zero-order valence-electron chi connectivity index (χ0n) is 22.4. The van der Waals surface area contributed by atoms with Gasteiger partial charge in [0, 0.05) is 24.7 Å². The maximum Gasteiger partial charge on any atom is 0.326 e. The van der Waals surface area contributed by atoms with Gasteiger partial charge in [-0.2, -0.15) is 0 Å². The van der Waals surface area contributed by atoms with Crippen LogP contribution in [0.15, 0.2) is 67.1 Å². The summed E-state index contributed by atoms with van der Waals surface area (Å²) in [5.74, 6) is -3.66. The zero-order chi connectivity index (χ0) is 29.9. The monoisotopic (exact) mass is 566 g/mol. The van der Waals surface area contributed by atoms with Crippen LogP contribution in [0.1, 0.15) is 23.7 Å². The summed E-state index contributed by atoms with van der Waals surface area (Å²) in [4.78, 5) is 57.9. The number of benzene rings is 2. The highest BCUT2D eigenvalue weighted by atomic mass is 16.4. The van der Waals surface area contributed by atoms with Gasteiger partial charge in [-0.3, -0.25) is 14.4 Å². The zero-order valence-corrected chi connectivity index (χ0v) is 22.4. The number of nitrogens with zero attached hydrogens (tertiary/aromatic N) is 1. The first kappa shape index (κ1) is 30.8. The first-order valence-electron chi connectivity index (χ1n) is 12.9. The van der Waals surface area contributed by atoms with Gasteiger partial charge in [-0.05, 0) is 36.6 Å². The fourth-order valence-corrected chi connectivity index (χ4v) is 4.05. The van der Waals surface area contributed by atoms with E-state index >= 15 is 0 Å². The Morgan fingerprint density at radius 3 is 2.07 bits per heavy atom. The number of carboxylic acids is 1. The molecule has 0 saturated carbocycles. The molecule has 0 fully saturated rings. The molecule has 0 aliphatic carbocycles. The van der Waals surface area contributed by atoms with Gasteiger partial charge in [0.1, 0.15) is 23.9 Å². The van der Waals surface area contributed by atoms with Crippen molar-refractivity contribution < 1.29 is 34.5 Å². The first-order chi connectivity index (χ1) is 19.5. The molecule has 3 rings (SSSR count). The number of aromatic nitrogens is 2. The van der Waals surface area contributed by atoms with E-state index in [1.807, 2.05) is 6.07 Å². The number of aromatic hydroxyl groups is 1. The summed E-state index contributed by atoms with van der Waals surface area (Å²) in [5, 5.41) is 36.9. The summed E-state index contributed by atoms with van der Waals surface area (Å²) < 4.78 is 0. The molecule has 13 nitrogen and oxygen atoms in total. The lowest BCUT2D eigenvalue weighted by Crippen LogP contribution is -2.60. The van der Waals surface area contributed by atoms with Crippen LogP contribution < -0.4 is 21.7 Å². The van der Waals surface area contributed by atoms with Crippen molar-refractivity contribution in [1.82, 2.24) is 25.9 Å². The third-order valence-electron chi connectivity index (χ3n) is 6.30. The van der Waals surface area contributed by atoms with E-state index in [1.165, 1.54) is 43.7 Å². The van der Waals surface area contributed by atoms with E-state index in [1.54, 1.807) is 24.3 Å². The number of phenols is 1. The average Bonchev–Trinajstić information content (AvgIpc) is 3.45. The lowest BCUT2D eigenvalue weighted by atomic mass is 10.0. The number of aliphatic carboxylic acids is 1. The fraction of sp³-hybridized carbons (Fsp3) is 0.321. The number of hydrogen-bond donors (Lipinski definition) is 8. The molecule has 5 unspecified atom stereocenters. The highest BCUT2D eigenvalue weighted by Gasteiger charge is 2.33. The van der Waals surface area contributed by atoms with Crippen molar-refractivity contribution >= 4 is 23.7 Å². The van der Waals surface area contributed by atoms with Crippen LogP contribution in [0, 0.1) is 0 Å². The third kappa shape index (κ3) is 9.44. The molecule has 0 aliphatic heterocycles. The number of aliphatic hydroxyl groups excluding tert-OH is 1. The number of aliphatic hydroxyl groups is 1. The smallest absolute Gasteiger partial charge is 0.326 e. The largest absolute Gasteiger partial charge is 0.508 e. The van der Waals surface area contributed by atoms with Gasteiger partial charge in [-0.15, -0.1) is 0 Å². The molecule has 3 aromatic rings. The average molecular weight is 567 g/mol. The summed E-state index contributed by atoms with van der Waals surface area (Å²) >= 11 is 0. The number of H-pyrrole nitrogens is 1. The molecule has 3 amide bonds. The van der Waals surface area contributed by atoms with Gasteiger partial charge in [0.25, 0.3) is 0 Å². The lowest BCUT2D eigenvalue weighted by molar-refractivity contribution is -0.142. The minimum atomic E-state index is -1.45. The Morgan fingerprint density at radius 2 is 1.49 bits per heavy atom. The number of nitrogens with one attached hydrogen (secondary N) is 4. The second kappa shape index (κ2) is 14.6. The maximum absolute atomic E-state index is 13.3. The number of carbonyl (C=O) groups is 4. The normalized spacial score (nSPS) is 14.6. The quantitative estimate of drug-likeness (QED) is 0.125. The van der Waals surface area contributed by atoms with E-state index in [2.05, 4.69) is 25.9 Å². The predicted octanol–water partition coefficient (Wildman–Crippen LogP) is -0.610. The Hall–Kier alpha value is -4.75. The highest BCUT2D eigenvalue weighted by Crippen LogP contribution is 2.12. The van der Waals surface area contributed by atoms with Crippen LogP contribution in [0.2, 0.25) is 0 Å². The molecular weight excluding hydrogens is 532 g/mol. The number of carbonyl (C=O) groups excluding carboxylic acids is 3. The first-order valence-corrected chi connectivity index (χ1v) is 12.9. The second-order valence-corrected chi connectivity index (χ2v) is 9.64. The van der Waals surface area contributed by atoms with Crippen LogP contribution in [-0.4, -0.2) is 79.2 Å². The molecule has 41 heavy (non-hydrogen) atoms. The molecule has 1 heterocycles. The van der Waals surface area contributed by atoms with Crippen molar-refractivity contribution in [3.05, 3.63) is 83.9 Å². The van der Waals surface area contributed by atoms with Crippen molar-refractivity contribution in [2.24, 2.45) is 5.73 Å². The summed E-state index contributed by atoms with van der Waals surface area (Å²) in [5.41, 5.74) is 7.85. The molecule has 0 radical (unpaired) electrons. The maximum atomic E-state index is 13.3. The number of carboxylic acid groups (broad SMARTS) is 1. The van der Waals surface area contributed by atoms with Gasteiger partial charge in [-0.25, -0.2) is 9.78 Å². The van der Waals surface area contributed by atoms with E-state index in [9.17, 15) is 34.5 Å². The van der Waals surface area contributed by atoms with Gasteiger partial charge in [-0.1, -0.05) is 42.5 Å². The van der Waals surface area contributed by atoms with Gasteiger partial charge < -0.3 is 42.0 Å². The third-order valence-corrected chi connectivity index (χ3v) is 6.30. The molecular formula is C28H34N6O7. The molecule has 13 heteroatoms. The van der Waals surface area contributed by atoms with Crippen LogP contribution in [0.5, 0.6) is 5.75 Å². The standard InChI is InChI=1S/C28H34N6O7/c1-16(35)24(34-25(37)21(29)11-17-5-3-2-4-6-17)27(39)32-22(13-19-14-30-15-31-19)26(38)33-23(28(40)41)12-18-7-9-20(36)10-8-18/h2-10,14-16,21-24,35-36H,11-13,29H2,1H3,(H,30,31)(H,32,39)(H,33,38)(H,34,37)(H,40,41). The summed E-state index contributed by atoms with van der Waals surface area (Å²) in [7, 11) is 0.